The van der Waals surface area contributed by atoms with Gasteiger partial charge in [-0.15, -0.1) is 0 Å². The number of rotatable bonds is 8. The van der Waals surface area contributed by atoms with Crippen LogP contribution in [0.25, 0.3) is 0 Å². The number of carbonyl (C=O) groups excluding carboxylic acids is 1. The summed E-state index contributed by atoms with van der Waals surface area (Å²) >= 11 is 0. The Morgan fingerprint density at radius 1 is 1.24 bits per heavy atom. The molecule has 0 aromatic heterocycles. The smallest absolute Gasteiger partial charge is 0.387 e. The summed E-state index contributed by atoms with van der Waals surface area (Å²) in [5.74, 6) is -0.417. The van der Waals surface area contributed by atoms with E-state index in [9.17, 15) is 13.6 Å². The molecule has 1 amide bonds. The van der Waals surface area contributed by atoms with Gasteiger partial charge in [-0.1, -0.05) is 19.9 Å². The second-order valence-corrected chi connectivity index (χ2v) is 4.51. The van der Waals surface area contributed by atoms with Gasteiger partial charge in [0.05, 0.1) is 12.7 Å². The van der Waals surface area contributed by atoms with Crippen molar-refractivity contribution in [2.45, 2.75) is 33.3 Å². The number of para-hydroxylation sites is 1. The number of nitrogens with zero attached hydrogens (tertiary/aromatic N) is 1. The number of hydrogen-bond acceptors (Lipinski definition) is 3. The highest BCUT2D eigenvalue weighted by Crippen LogP contribution is 2.33. The van der Waals surface area contributed by atoms with E-state index < -0.39 is 6.61 Å². The number of benzene rings is 1. The number of amides is 1. The number of carbonyl (C=O) groups is 1. The van der Waals surface area contributed by atoms with Crippen molar-refractivity contribution < 1.29 is 23.0 Å². The van der Waals surface area contributed by atoms with Crippen molar-refractivity contribution in [3.63, 3.8) is 0 Å². The van der Waals surface area contributed by atoms with E-state index in [1.165, 1.54) is 19.2 Å². The third kappa shape index (κ3) is 4.58. The average molecular weight is 301 g/mol. The Labute approximate surface area is 123 Å². The third-order valence-corrected chi connectivity index (χ3v) is 2.91. The molecule has 0 aliphatic rings. The fraction of sp³-hybridized carbons (Fsp3) is 0.533. The van der Waals surface area contributed by atoms with Crippen molar-refractivity contribution in [2.75, 3.05) is 20.2 Å². The Balaban J connectivity index is 3.17. The lowest BCUT2D eigenvalue weighted by Crippen LogP contribution is -2.33. The molecule has 0 saturated heterocycles. The molecule has 1 aromatic rings. The summed E-state index contributed by atoms with van der Waals surface area (Å²) in [6.45, 7) is 2.03. The molecule has 4 nitrogen and oxygen atoms in total. The molecule has 0 aliphatic carbocycles. The van der Waals surface area contributed by atoms with Crippen LogP contribution in [0.3, 0.4) is 0 Å². The van der Waals surface area contributed by atoms with Crippen LogP contribution in [0.2, 0.25) is 0 Å². The van der Waals surface area contributed by atoms with Gasteiger partial charge in [0.25, 0.3) is 5.91 Å². The topological polar surface area (TPSA) is 38.8 Å². The standard InChI is InChI=1S/C15H21F2NO3/c1-4-9-18(10-5-2)14(19)11-7-6-8-12(20-3)13(11)21-15(16)17/h6-8,15H,4-5,9-10H2,1-3H3. The molecule has 1 rings (SSSR count). The summed E-state index contributed by atoms with van der Waals surface area (Å²) in [6.07, 6.45) is 1.58. The van der Waals surface area contributed by atoms with Crippen LogP contribution < -0.4 is 9.47 Å². The zero-order chi connectivity index (χ0) is 15.8. The molecule has 0 bridgehead atoms. The first-order valence-corrected chi connectivity index (χ1v) is 6.96. The molecule has 0 fully saturated rings. The zero-order valence-electron chi connectivity index (χ0n) is 12.6. The third-order valence-electron chi connectivity index (χ3n) is 2.91. The molecule has 0 saturated carbocycles. The maximum Gasteiger partial charge on any atom is 0.387 e. The van der Waals surface area contributed by atoms with E-state index in [4.69, 9.17) is 4.74 Å². The van der Waals surface area contributed by atoms with E-state index in [0.29, 0.717) is 13.1 Å². The van der Waals surface area contributed by atoms with Gasteiger partial charge in [0.15, 0.2) is 11.5 Å². The lowest BCUT2D eigenvalue weighted by atomic mass is 10.1. The molecule has 0 atom stereocenters. The van der Waals surface area contributed by atoms with Gasteiger partial charge < -0.3 is 14.4 Å². The number of ether oxygens (including phenoxy) is 2. The van der Waals surface area contributed by atoms with Gasteiger partial charge in [0.1, 0.15) is 0 Å². The Hall–Kier alpha value is -1.85. The lowest BCUT2D eigenvalue weighted by Gasteiger charge is -2.23. The van der Waals surface area contributed by atoms with E-state index in [2.05, 4.69) is 4.74 Å². The van der Waals surface area contributed by atoms with Crippen LogP contribution in [0.15, 0.2) is 18.2 Å². The van der Waals surface area contributed by atoms with E-state index >= 15 is 0 Å². The Bertz CT molecular complexity index is 460. The van der Waals surface area contributed by atoms with Crippen molar-refractivity contribution in [3.8, 4) is 11.5 Å². The summed E-state index contributed by atoms with van der Waals surface area (Å²) in [4.78, 5) is 14.2. The number of alkyl halides is 2. The van der Waals surface area contributed by atoms with Gasteiger partial charge in [-0.2, -0.15) is 8.78 Å². The highest BCUT2D eigenvalue weighted by atomic mass is 19.3. The monoisotopic (exact) mass is 301 g/mol. The van der Waals surface area contributed by atoms with Crippen LogP contribution in [0.1, 0.15) is 37.0 Å². The van der Waals surface area contributed by atoms with Crippen LogP contribution in [0.4, 0.5) is 8.78 Å². The van der Waals surface area contributed by atoms with E-state index in [1.54, 1.807) is 11.0 Å². The zero-order valence-corrected chi connectivity index (χ0v) is 12.6. The minimum absolute atomic E-state index is 0.0940. The molecule has 6 heteroatoms. The Morgan fingerprint density at radius 3 is 2.33 bits per heavy atom. The van der Waals surface area contributed by atoms with Gasteiger partial charge in [-0.05, 0) is 25.0 Å². The van der Waals surface area contributed by atoms with Crippen LogP contribution in [0, 0.1) is 0 Å². The van der Waals surface area contributed by atoms with Crippen molar-refractivity contribution >= 4 is 5.91 Å². The molecule has 0 heterocycles. The van der Waals surface area contributed by atoms with Crippen molar-refractivity contribution in [3.05, 3.63) is 23.8 Å². The summed E-state index contributed by atoms with van der Waals surface area (Å²) in [7, 11) is 1.35. The quantitative estimate of drug-likeness (QED) is 0.737. The number of hydrogen-bond donors (Lipinski definition) is 0. The predicted molar refractivity (Wildman–Crippen MR) is 76.1 cm³/mol. The molecule has 118 valence electrons. The molecule has 0 N–H and O–H groups in total. The van der Waals surface area contributed by atoms with Crippen molar-refractivity contribution in [2.24, 2.45) is 0 Å². The molecule has 0 unspecified atom stereocenters. The lowest BCUT2D eigenvalue weighted by molar-refractivity contribution is -0.0516. The minimum Gasteiger partial charge on any atom is -0.493 e. The average Bonchev–Trinajstić information content (AvgIpc) is 2.46. The van der Waals surface area contributed by atoms with E-state index in [0.717, 1.165) is 12.8 Å². The maximum atomic E-state index is 12.6. The minimum atomic E-state index is -3.02. The Kier molecular flexibility index (Phi) is 6.91. The predicted octanol–water partition coefficient (Wildman–Crippen LogP) is 3.56. The molecular weight excluding hydrogens is 280 g/mol. The second-order valence-electron chi connectivity index (χ2n) is 4.51. The van der Waals surface area contributed by atoms with Gasteiger partial charge >= 0.3 is 6.61 Å². The molecule has 0 radical (unpaired) electrons. The fourth-order valence-corrected chi connectivity index (χ4v) is 2.08. The Morgan fingerprint density at radius 2 is 1.86 bits per heavy atom. The van der Waals surface area contributed by atoms with Gasteiger partial charge in [-0.25, -0.2) is 0 Å². The maximum absolute atomic E-state index is 12.6. The van der Waals surface area contributed by atoms with Gasteiger partial charge in [-0.3, -0.25) is 4.79 Å². The number of methoxy groups -OCH3 is 1. The fourth-order valence-electron chi connectivity index (χ4n) is 2.08. The van der Waals surface area contributed by atoms with Crippen molar-refractivity contribution in [1.82, 2.24) is 4.90 Å². The summed E-state index contributed by atoms with van der Waals surface area (Å²) in [5.41, 5.74) is 0.0940. The van der Waals surface area contributed by atoms with E-state index in [1.807, 2.05) is 13.8 Å². The largest absolute Gasteiger partial charge is 0.493 e. The molecule has 0 spiro atoms. The molecule has 21 heavy (non-hydrogen) atoms. The first-order valence-electron chi connectivity index (χ1n) is 6.96. The molecular formula is C15H21F2NO3. The summed E-state index contributed by atoms with van der Waals surface area (Å²) in [5, 5.41) is 0. The van der Waals surface area contributed by atoms with E-state index in [-0.39, 0.29) is 23.0 Å². The highest BCUT2D eigenvalue weighted by Gasteiger charge is 2.23. The van der Waals surface area contributed by atoms with Crippen LogP contribution in [-0.2, 0) is 0 Å². The SMILES string of the molecule is CCCN(CCC)C(=O)c1cccc(OC)c1OC(F)F. The van der Waals surface area contributed by atoms with Crippen LogP contribution >= 0.6 is 0 Å². The van der Waals surface area contributed by atoms with Gasteiger partial charge in [0, 0.05) is 13.1 Å². The summed E-state index contributed by atoms with van der Waals surface area (Å²) < 4.78 is 34.6. The van der Waals surface area contributed by atoms with Crippen molar-refractivity contribution in [1.29, 1.82) is 0 Å². The first kappa shape index (κ1) is 17.2. The van der Waals surface area contributed by atoms with Gasteiger partial charge in [0.2, 0.25) is 0 Å². The molecule has 1 aromatic carbocycles. The normalized spacial score (nSPS) is 10.6. The first-order chi connectivity index (χ1) is 10.0. The second kappa shape index (κ2) is 8.44. The summed E-state index contributed by atoms with van der Waals surface area (Å²) in [6, 6.07) is 4.54. The van der Waals surface area contributed by atoms with Crippen LogP contribution in [0.5, 0.6) is 11.5 Å². The van der Waals surface area contributed by atoms with Crippen LogP contribution in [-0.4, -0.2) is 37.6 Å². The molecule has 0 aliphatic heterocycles. The number of halogens is 2. The highest BCUT2D eigenvalue weighted by molar-refractivity contribution is 5.97.